The first-order chi connectivity index (χ1) is 31.6. The molecule has 0 aliphatic carbocycles. The average Bonchev–Trinajstić information content (AvgIpc) is 3.17. The average molecular weight is 1340 g/mol. The molecule has 418 valence electrons. The Bertz CT molecular complexity index is 2080. The fraction of sp³-hybridized carbons (Fsp3) is 0.438. The fourth-order valence-corrected chi connectivity index (χ4v) is 8.35. The number of hydrogen-bond donors (Lipinski definition) is 0. The molecule has 0 aliphatic rings. The van der Waals surface area contributed by atoms with E-state index in [0.717, 1.165) is 26.4 Å². The van der Waals surface area contributed by atoms with Gasteiger partial charge in [-0.2, -0.15) is 0 Å². The normalized spacial score (nSPS) is 9.58. The third-order valence-corrected chi connectivity index (χ3v) is 10.2. The van der Waals surface area contributed by atoms with Gasteiger partial charge >= 0.3 is 120 Å². The molecule has 0 unspecified atom stereocenters. The zero-order valence-corrected chi connectivity index (χ0v) is 59.7. The summed E-state index contributed by atoms with van der Waals surface area (Å²) in [5.74, 6) is 0. The van der Waals surface area contributed by atoms with Crippen LogP contribution >= 0.6 is 0 Å². The zero-order valence-electron chi connectivity index (χ0n) is 51.2. The van der Waals surface area contributed by atoms with E-state index in [1.54, 1.807) is 41.5 Å². The predicted octanol–water partition coefficient (Wildman–Crippen LogP) is 8.07. The fourth-order valence-electron chi connectivity index (χ4n) is 8.35. The molecule has 6 aromatic rings. The number of ether oxygens (including phenoxy) is 2. The molecule has 6 radical (unpaired) electrons. The Morgan fingerprint density at radius 2 is 0.487 bits per heavy atom. The summed E-state index contributed by atoms with van der Waals surface area (Å²) < 4.78 is 9.67. The molecule has 0 saturated carbocycles. The molecule has 6 rings (SSSR count). The molecule has 0 saturated heterocycles. The summed E-state index contributed by atoms with van der Waals surface area (Å²) in [5.41, 5.74) is 24.3. The van der Waals surface area contributed by atoms with Gasteiger partial charge in [0, 0.05) is 26.4 Å². The molecule has 6 nitrogen and oxygen atoms in total. The van der Waals surface area contributed by atoms with Crippen LogP contribution in [0.5, 0.6) is 0 Å². The van der Waals surface area contributed by atoms with Crippen LogP contribution in [0.2, 0.25) is 0 Å². The van der Waals surface area contributed by atoms with E-state index in [1.165, 1.54) is 111 Å². The third-order valence-electron chi connectivity index (χ3n) is 10.2. The van der Waals surface area contributed by atoms with Crippen molar-refractivity contribution in [2.75, 3.05) is 26.4 Å². The summed E-state index contributed by atoms with van der Waals surface area (Å²) >= 11 is 0. The van der Waals surface area contributed by atoms with Crippen molar-refractivity contribution in [2.45, 2.75) is 164 Å². The summed E-state index contributed by atoms with van der Waals surface area (Å²) in [4.78, 5) is 0. The Morgan fingerprint density at radius 1 is 0.355 bits per heavy atom. The van der Waals surface area contributed by atoms with E-state index in [4.69, 9.17) is 9.47 Å². The van der Waals surface area contributed by atoms with Gasteiger partial charge in [-0.1, -0.05) is 179 Å². The minimum atomic E-state index is -0.750. The van der Waals surface area contributed by atoms with Gasteiger partial charge < -0.3 is 30.6 Å². The SMILES string of the molecule is CC(C)(C)[O-].CC(C)(C)[O-].CCOCC.CCOCC.Cc1cc(C)c(-c2[c-]c(-c3c(C)cc(C)cc3C)ccc2)c(C)c1.Cc1cc(C)c(-c2[c-]c(-c3c(C)cc(C)cc3C)ccc2)c(C)c1.[Cu+].[Cu+].[Li+].[Li+].[OH-].[OH-].[SnH].[SnH]. The van der Waals surface area contributed by atoms with Gasteiger partial charge in [-0.05, 0) is 111 Å². The maximum atomic E-state index is 10.1. The van der Waals surface area contributed by atoms with E-state index in [9.17, 15) is 10.2 Å². The summed E-state index contributed by atoms with van der Waals surface area (Å²) in [5, 5.41) is 20.2. The van der Waals surface area contributed by atoms with Crippen molar-refractivity contribution < 1.29 is 102 Å². The van der Waals surface area contributed by atoms with Crippen LogP contribution in [0.15, 0.2) is 84.9 Å². The third kappa shape index (κ3) is 35.6. The van der Waals surface area contributed by atoms with E-state index in [-0.39, 0.29) is 131 Å². The van der Waals surface area contributed by atoms with E-state index in [0.29, 0.717) is 0 Å². The molecule has 0 atom stereocenters. The number of rotatable bonds is 8. The van der Waals surface area contributed by atoms with Crippen LogP contribution in [0.1, 0.15) is 136 Å². The van der Waals surface area contributed by atoms with Gasteiger partial charge in [0.2, 0.25) is 0 Å². The molecule has 0 aliphatic heterocycles. The van der Waals surface area contributed by atoms with Gasteiger partial charge in [0.15, 0.2) is 0 Å². The van der Waals surface area contributed by atoms with Gasteiger partial charge in [0.25, 0.3) is 0 Å². The van der Waals surface area contributed by atoms with Gasteiger partial charge in [-0.3, -0.25) is 0 Å². The maximum absolute atomic E-state index is 10.1. The van der Waals surface area contributed by atoms with Crippen LogP contribution in [-0.4, -0.2) is 96.4 Å². The standard InChI is InChI=1S/2C24H25.2C4H9O.2C4H10O.2Cu.2Li.2H2O.2Sn.2H/c2*1-15-10-17(3)23(18(4)11-15)21-8-7-9-22(14-21)24-19(5)12-16(2)13-20(24)6;2*1-4(2,3)5;2*1-3-5-4-2;;;;;;;;;;/h2*7-13H,1-6H3;2*1-3H3;2*3-4H2,1-2H3;;;;;2*1H2;;;;/q4*-1;;;4*+1;;;;;;/p-2. The molecule has 0 spiro atoms. The number of aryl methyl sites for hydroxylation is 12. The van der Waals surface area contributed by atoms with E-state index >= 15 is 0 Å². The monoisotopic (exact) mass is 1340 g/mol. The molecule has 0 aromatic heterocycles. The second-order valence-corrected chi connectivity index (χ2v) is 19.8. The molecule has 0 fully saturated rings. The van der Waals surface area contributed by atoms with Gasteiger partial charge in [0.05, 0.1) is 0 Å². The van der Waals surface area contributed by atoms with Crippen molar-refractivity contribution in [3.63, 3.8) is 0 Å². The molecule has 0 heterocycles. The van der Waals surface area contributed by atoms with Crippen molar-refractivity contribution in [1.29, 1.82) is 0 Å². The van der Waals surface area contributed by atoms with Crippen LogP contribution in [0, 0.1) is 95.2 Å². The topological polar surface area (TPSA) is 125 Å². The van der Waals surface area contributed by atoms with Crippen molar-refractivity contribution in [3.8, 4) is 44.5 Å². The molecule has 12 heteroatoms. The summed E-state index contributed by atoms with van der Waals surface area (Å²) in [6, 6.07) is 38.4. The molecule has 0 amide bonds. The van der Waals surface area contributed by atoms with Crippen molar-refractivity contribution in [2.24, 2.45) is 0 Å². The molecule has 0 bridgehead atoms. The second-order valence-electron chi connectivity index (χ2n) is 19.8. The first-order valence-electron chi connectivity index (χ1n) is 24.5. The predicted molar refractivity (Wildman–Crippen MR) is 311 cm³/mol. The Morgan fingerprint density at radius 3 is 0.592 bits per heavy atom. The summed E-state index contributed by atoms with van der Waals surface area (Å²) in [7, 11) is 0. The van der Waals surface area contributed by atoms with Crippen LogP contribution in [0.25, 0.3) is 44.5 Å². The Balaban J connectivity index is -0.000000139. The van der Waals surface area contributed by atoms with Gasteiger partial charge in [0.1, 0.15) is 0 Å². The quantitative estimate of drug-likeness (QED) is 0.112. The van der Waals surface area contributed by atoms with Gasteiger partial charge in [-0.15, -0.1) is 82.0 Å². The van der Waals surface area contributed by atoms with Crippen LogP contribution in [0.3, 0.4) is 0 Å². The molecule has 6 aromatic carbocycles. The Hall–Kier alpha value is -1.09. The van der Waals surface area contributed by atoms with Crippen molar-refractivity contribution in [1.82, 2.24) is 0 Å². The first-order valence-corrected chi connectivity index (χ1v) is 24.5. The molecule has 2 N–H and O–H groups in total. The van der Waals surface area contributed by atoms with Crippen LogP contribution in [-0.2, 0) is 43.6 Å². The van der Waals surface area contributed by atoms with Gasteiger partial charge in [-0.25, -0.2) is 0 Å². The Labute approximate surface area is 543 Å². The minimum absolute atomic E-state index is 0. The zero-order chi connectivity index (χ0) is 52.1. The summed E-state index contributed by atoms with van der Waals surface area (Å²) in [6.45, 7) is 47.3. The molecular weight excluding hydrogens is 1240 g/mol. The van der Waals surface area contributed by atoms with Crippen LogP contribution < -0.4 is 47.9 Å². The second kappa shape index (κ2) is 45.5. The van der Waals surface area contributed by atoms with E-state index < -0.39 is 11.2 Å². The molecule has 76 heavy (non-hydrogen) atoms. The van der Waals surface area contributed by atoms with E-state index in [1.807, 2.05) is 27.7 Å². The first kappa shape index (κ1) is 91.4. The number of hydrogen-bond acceptors (Lipinski definition) is 6. The number of benzene rings is 6. The summed E-state index contributed by atoms with van der Waals surface area (Å²) in [6.07, 6.45) is 0. The van der Waals surface area contributed by atoms with E-state index in [2.05, 4.69) is 180 Å². The Kier molecular flexibility index (Phi) is 54.7. The van der Waals surface area contributed by atoms with Crippen molar-refractivity contribution >= 4 is 47.8 Å². The molecular formula is C64H92Cu2Li2O6Sn2-2. The van der Waals surface area contributed by atoms with Crippen molar-refractivity contribution in [3.05, 3.63) is 164 Å². The van der Waals surface area contributed by atoms with Crippen LogP contribution in [0.4, 0.5) is 0 Å².